The number of carbonyl (C=O) groups is 2. The Bertz CT molecular complexity index is 1100. The fraction of sp³-hybridized carbons (Fsp3) is 0.182. The second kappa shape index (κ2) is 9.89. The zero-order valence-electron chi connectivity index (χ0n) is 16.7. The summed E-state index contributed by atoms with van der Waals surface area (Å²) in [5, 5.41) is 5.85. The molecule has 0 radical (unpaired) electrons. The summed E-state index contributed by atoms with van der Waals surface area (Å²) in [6, 6.07) is 16.6. The van der Waals surface area contributed by atoms with Gasteiger partial charge in [-0.2, -0.15) is 0 Å². The Balaban J connectivity index is 1.58. The van der Waals surface area contributed by atoms with E-state index < -0.39 is 0 Å². The highest BCUT2D eigenvalue weighted by atomic mass is 32.2. The van der Waals surface area contributed by atoms with Gasteiger partial charge < -0.3 is 15.6 Å². The van der Waals surface area contributed by atoms with E-state index in [4.69, 9.17) is 0 Å². The van der Waals surface area contributed by atoms with Crippen LogP contribution in [0.1, 0.15) is 23.7 Å². The second-order valence-corrected chi connectivity index (χ2v) is 7.66. The Morgan fingerprint density at radius 2 is 1.63 bits per heavy atom. The van der Waals surface area contributed by atoms with Crippen molar-refractivity contribution in [3.63, 3.8) is 0 Å². The maximum absolute atomic E-state index is 12.5. The van der Waals surface area contributed by atoms with Crippen LogP contribution >= 0.6 is 11.8 Å². The number of carbonyl (C=O) groups excluding carboxylic acids is 2. The van der Waals surface area contributed by atoms with Crippen molar-refractivity contribution >= 4 is 35.0 Å². The molecule has 3 N–H and O–H groups in total. The maximum Gasteiger partial charge on any atom is 0.255 e. The molecule has 0 fully saturated rings. The number of rotatable bonds is 7. The van der Waals surface area contributed by atoms with Crippen LogP contribution in [-0.2, 0) is 16.0 Å². The lowest BCUT2D eigenvalue weighted by atomic mass is 10.1. The van der Waals surface area contributed by atoms with Gasteiger partial charge in [0, 0.05) is 36.0 Å². The molecule has 1 heterocycles. The topological polar surface area (TPSA) is 104 Å². The molecule has 8 heteroatoms. The third-order valence-corrected chi connectivity index (χ3v) is 5.13. The van der Waals surface area contributed by atoms with E-state index in [0.29, 0.717) is 34.2 Å². The van der Waals surface area contributed by atoms with Gasteiger partial charge in [0.05, 0.1) is 5.75 Å². The van der Waals surface area contributed by atoms with Crippen LogP contribution in [0.5, 0.6) is 0 Å². The number of nitrogens with zero attached hydrogens (tertiary/aromatic N) is 1. The molecule has 154 valence electrons. The molecule has 0 saturated carbocycles. The van der Waals surface area contributed by atoms with Crippen molar-refractivity contribution in [1.29, 1.82) is 0 Å². The second-order valence-electron chi connectivity index (χ2n) is 6.69. The van der Waals surface area contributed by atoms with E-state index in [2.05, 4.69) is 20.6 Å². The summed E-state index contributed by atoms with van der Waals surface area (Å²) < 4.78 is 0. The number of aromatic amines is 1. The molecule has 2 amide bonds. The summed E-state index contributed by atoms with van der Waals surface area (Å²) in [7, 11) is 0. The first kappa shape index (κ1) is 21.3. The van der Waals surface area contributed by atoms with E-state index in [-0.39, 0.29) is 23.1 Å². The number of H-pyrrole nitrogens is 1. The molecule has 0 aliphatic rings. The zero-order valence-corrected chi connectivity index (χ0v) is 17.5. The molecule has 30 heavy (non-hydrogen) atoms. The van der Waals surface area contributed by atoms with Crippen LogP contribution in [0.15, 0.2) is 64.5 Å². The summed E-state index contributed by atoms with van der Waals surface area (Å²) in [4.78, 5) is 42.9. The molecular formula is C22H22N4O3S. The van der Waals surface area contributed by atoms with Crippen molar-refractivity contribution in [3.8, 4) is 0 Å². The Labute approximate surface area is 178 Å². The van der Waals surface area contributed by atoms with Crippen LogP contribution in [0.4, 0.5) is 11.4 Å². The van der Waals surface area contributed by atoms with Gasteiger partial charge in [0.15, 0.2) is 5.16 Å². The van der Waals surface area contributed by atoms with E-state index in [0.717, 1.165) is 5.56 Å². The van der Waals surface area contributed by atoms with E-state index >= 15 is 0 Å². The first-order valence-electron chi connectivity index (χ1n) is 9.35. The standard InChI is InChI=1S/C22H22N4O3S/c1-14-19(12-16-6-4-3-5-7-16)21(29)26-22(23-14)30-13-20(28)25-18-10-8-17(9-11-18)24-15(2)27/h3-11H,12-13H2,1-2H3,(H,24,27)(H,25,28)(H,23,26,29). The highest BCUT2D eigenvalue weighted by Gasteiger charge is 2.11. The largest absolute Gasteiger partial charge is 0.326 e. The summed E-state index contributed by atoms with van der Waals surface area (Å²) in [5.41, 5.74) is 3.39. The predicted octanol–water partition coefficient (Wildman–Crippen LogP) is 3.36. The maximum atomic E-state index is 12.5. The van der Waals surface area contributed by atoms with E-state index in [1.54, 1.807) is 31.2 Å². The molecule has 3 rings (SSSR count). The van der Waals surface area contributed by atoms with E-state index in [1.165, 1.54) is 18.7 Å². The predicted molar refractivity (Wildman–Crippen MR) is 119 cm³/mol. The number of benzene rings is 2. The highest BCUT2D eigenvalue weighted by molar-refractivity contribution is 7.99. The number of aryl methyl sites for hydroxylation is 1. The quantitative estimate of drug-likeness (QED) is 0.400. The Morgan fingerprint density at radius 3 is 2.23 bits per heavy atom. The van der Waals surface area contributed by atoms with Gasteiger partial charge in [-0.1, -0.05) is 42.1 Å². The summed E-state index contributed by atoms with van der Waals surface area (Å²) in [6.45, 7) is 3.23. The van der Waals surface area contributed by atoms with Gasteiger partial charge in [0.25, 0.3) is 5.56 Å². The third-order valence-electron chi connectivity index (χ3n) is 4.25. The average molecular weight is 423 g/mol. The van der Waals surface area contributed by atoms with E-state index in [9.17, 15) is 14.4 Å². The van der Waals surface area contributed by atoms with Gasteiger partial charge in [-0.15, -0.1) is 0 Å². The molecule has 3 aromatic rings. The van der Waals surface area contributed by atoms with Crippen LogP contribution in [0, 0.1) is 6.92 Å². The minimum Gasteiger partial charge on any atom is -0.326 e. The van der Waals surface area contributed by atoms with Gasteiger partial charge in [0.2, 0.25) is 11.8 Å². The molecule has 0 aliphatic carbocycles. The molecule has 0 atom stereocenters. The number of amides is 2. The molecule has 1 aromatic heterocycles. The molecule has 0 aliphatic heterocycles. The average Bonchev–Trinajstić information content (AvgIpc) is 2.71. The van der Waals surface area contributed by atoms with Crippen molar-refractivity contribution in [2.45, 2.75) is 25.4 Å². The highest BCUT2D eigenvalue weighted by Crippen LogP contribution is 2.17. The molecule has 2 aromatic carbocycles. The first-order chi connectivity index (χ1) is 14.4. The van der Waals surface area contributed by atoms with Crippen molar-refractivity contribution in [3.05, 3.63) is 81.8 Å². The monoisotopic (exact) mass is 422 g/mol. The minimum absolute atomic E-state index is 0.105. The van der Waals surface area contributed by atoms with Gasteiger partial charge in [-0.25, -0.2) is 4.98 Å². The van der Waals surface area contributed by atoms with Crippen molar-refractivity contribution < 1.29 is 9.59 Å². The van der Waals surface area contributed by atoms with Crippen LogP contribution in [0.2, 0.25) is 0 Å². The molecule has 0 saturated heterocycles. The Morgan fingerprint density at radius 1 is 1.00 bits per heavy atom. The van der Waals surface area contributed by atoms with Crippen molar-refractivity contribution in [2.24, 2.45) is 0 Å². The van der Waals surface area contributed by atoms with Gasteiger partial charge >= 0.3 is 0 Å². The molecule has 0 unspecified atom stereocenters. The zero-order chi connectivity index (χ0) is 21.5. The molecular weight excluding hydrogens is 400 g/mol. The molecule has 0 bridgehead atoms. The van der Waals surface area contributed by atoms with Crippen LogP contribution in [0.25, 0.3) is 0 Å². The van der Waals surface area contributed by atoms with Crippen molar-refractivity contribution in [1.82, 2.24) is 9.97 Å². The normalized spacial score (nSPS) is 10.5. The number of hydrogen-bond donors (Lipinski definition) is 3. The first-order valence-corrected chi connectivity index (χ1v) is 10.3. The van der Waals surface area contributed by atoms with Crippen LogP contribution < -0.4 is 16.2 Å². The molecule has 0 spiro atoms. The van der Waals surface area contributed by atoms with E-state index in [1.807, 2.05) is 30.3 Å². The lowest BCUT2D eigenvalue weighted by Gasteiger charge is -2.08. The van der Waals surface area contributed by atoms with Gasteiger partial charge in [0.1, 0.15) is 0 Å². The SMILES string of the molecule is CC(=O)Nc1ccc(NC(=O)CSc2nc(C)c(Cc3ccccc3)c(=O)[nH]2)cc1. The lowest BCUT2D eigenvalue weighted by Crippen LogP contribution is -2.19. The number of thioether (sulfide) groups is 1. The van der Waals surface area contributed by atoms with Crippen molar-refractivity contribution in [2.75, 3.05) is 16.4 Å². The summed E-state index contributed by atoms with van der Waals surface area (Å²) in [5.74, 6) is -0.274. The lowest BCUT2D eigenvalue weighted by molar-refractivity contribution is -0.114. The number of anilines is 2. The number of nitrogens with one attached hydrogen (secondary N) is 3. The Kier molecular flexibility index (Phi) is 7.03. The molecule has 7 nitrogen and oxygen atoms in total. The minimum atomic E-state index is -0.221. The third kappa shape index (κ3) is 6.05. The number of hydrogen-bond acceptors (Lipinski definition) is 5. The smallest absolute Gasteiger partial charge is 0.255 e. The Hall–Kier alpha value is -3.39. The van der Waals surface area contributed by atoms with Crippen LogP contribution in [-0.4, -0.2) is 27.5 Å². The fourth-order valence-corrected chi connectivity index (χ4v) is 3.54. The summed E-state index contributed by atoms with van der Waals surface area (Å²) in [6.07, 6.45) is 0.509. The fourth-order valence-electron chi connectivity index (χ4n) is 2.83. The van der Waals surface area contributed by atoms with Gasteiger partial charge in [-0.05, 0) is 36.8 Å². The van der Waals surface area contributed by atoms with Crippen LogP contribution in [0.3, 0.4) is 0 Å². The summed E-state index contributed by atoms with van der Waals surface area (Å²) >= 11 is 1.17. The van der Waals surface area contributed by atoms with Gasteiger partial charge in [-0.3, -0.25) is 14.4 Å². The number of aromatic nitrogens is 2.